The first-order chi connectivity index (χ1) is 12.3. The molecule has 0 aliphatic rings. The van der Waals surface area contributed by atoms with Gasteiger partial charge in [-0.1, -0.05) is 18.2 Å². The number of furan rings is 1. The van der Waals surface area contributed by atoms with E-state index in [0.29, 0.717) is 6.42 Å². The monoisotopic (exact) mass is 354 g/mol. The van der Waals surface area contributed by atoms with Crippen molar-refractivity contribution in [2.45, 2.75) is 38.8 Å². The average Bonchev–Trinajstić information content (AvgIpc) is 3.22. The molecule has 1 aromatic carbocycles. The number of ketones is 1. The molecule has 6 nitrogen and oxygen atoms in total. The van der Waals surface area contributed by atoms with Crippen molar-refractivity contribution in [1.29, 1.82) is 0 Å². The van der Waals surface area contributed by atoms with Crippen molar-refractivity contribution in [3.8, 4) is 0 Å². The summed E-state index contributed by atoms with van der Waals surface area (Å²) in [5, 5.41) is 3.69. The van der Waals surface area contributed by atoms with Gasteiger partial charge in [0, 0.05) is 23.5 Å². The maximum Gasteiger partial charge on any atom is 0.408 e. The standard InChI is InChI=1S/C20H22N2O4/c1-20(2,3)26-19(24)22-16(18(23)17-9-6-10-25-17)11-13-12-21-15-8-5-4-7-14(13)15/h4-10,12,16,21H,11H2,1-3H3,(H,22,24)/t16-/m0/s1. The molecule has 2 heterocycles. The van der Waals surface area contributed by atoms with E-state index in [1.807, 2.05) is 30.5 Å². The van der Waals surface area contributed by atoms with Crippen molar-refractivity contribution >= 4 is 22.8 Å². The summed E-state index contributed by atoms with van der Waals surface area (Å²) in [6, 6.07) is 10.2. The van der Waals surface area contributed by atoms with Crippen LogP contribution in [-0.2, 0) is 11.2 Å². The second-order valence-corrected chi connectivity index (χ2v) is 7.10. The highest BCUT2D eigenvalue weighted by atomic mass is 16.6. The Bertz CT molecular complexity index is 903. The number of amides is 1. The van der Waals surface area contributed by atoms with Crippen molar-refractivity contribution in [2.75, 3.05) is 0 Å². The van der Waals surface area contributed by atoms with Crippen LogP contribution in [0.3, 0.4) is 0 Å². The first kappa shape index (κ1) is 17.8. The Labute approximate surface area is 151 Å². The number of ether oxygens (including phenoxy) is 1. The van der Waals surface area contributed by atoms with Crippen LogP contribution < -0.4 is 5.32 Å². The van der Waals surface area contributed by atoms with Crippen LogP contribution >= 0.6 is 0 Å². The number of carbonyl (C=O) groups is 2. The van der Waals surface area contributed by atoms with Crippen LogP contribution in [0.5, 0.6) is 0 Å². The summed E-state index contributed by atoms with van der Waals surface area (Å²) in [5.41, 5.74) is 1.26. The number of Topliss-reactive ketones (excluding diaryl/α,β-unsaturated/α-hetero) is 1. The predicted octanol–water partition coefficient (Wildman–Crippen LogP) is 4.08. The second-order valence-electron chi connectivity index (χ2n) is 7.10. The van der Waals surface area contributed by atoms with E-state index in [-0.39, 0.29) is 11.5 Å². The summed E-state index contributed by atoms with van der Waals surface area (Å²) in [7, 11) is 0. The summed E-state index contributed by atoms with van der Waals surface area (Å²) in [4.78, 5) is 28.2. The van der Waals surface area contributed by atoms with Crippen molar-refractivity contribution in [2.24, 2.45) is 0 Å². The minimum Gasteiger partial charge on any atom is -0.461 e. The maximum absolute atomic E-state index is 12.8. The molecule has 1 amide bonds. The number of nitrogens with one attached hydrogen (secondary N) is 2. The number of rotatable bonds is 5. The molecule has 2 N–H and O–H groups in total. The minimum atomic E-state index is -0.796. The fourth-order valence-corrected chi connectivity index (χ4v) is 2.77. The highest BCUT2D eigenvalue weighted by molar-refractivity contribution is 6.00. The summed E-state index contributed by atoms with van der Waals surface area (Å²) in [5.74, 6) is -0.1000. The number of hydrogen-bond acceptors (Lipinski definition) is 4. The van der Waals surface area contributed by atoms with Gasteiger partial charge in [-0.15, -0.1) is 0 Å². The topological polar surface area (TPSA) is 84.3 Å². The molecule has 1 atom stereocenters. The Hall–Kier alpha value is -3.02. The van der Waals surface area contributed by atoms with Gasteiger partial charge >= 0.3 is 6.09 Å². The number of hydrogen-bond donors (Lipinski definition) is 2. The first-order valence-corrected chi connectivity index (χ1v) is 8.46. The van der Waals surface area contributed by atoms with Gasteiger partial charge in [0.15, 0.2) is 5.76 Å². The Kier molecular flexibility index (Phi) is 4.84. The SMILES string of the molecule is CC(C)(C)OC(=O)N[C@@H](Cc1c[nH]c2ccccc12)C(=O)c1ccco1. The summed E-state index contributed by atoms with van der Waals surface area (Å²) < 4.78 is 10.5. The molecule has 0 aliphatic carbocycles. The lowest BCUT2D eigenvalue weighted by atomic mass is 10.0. The average molecular weight is 354 g/mol. The molecule has 0 spiro atoms. The van der Waals surface area contributed by atoms with Gasteiger partial charge in [0.1, 0.15) is 11.6 Å². The Morgan fingerprint density at radius 3 is 2.65 bits per heavy atom. The molecule has 0 saturated carbocycles. The Morgan fingerprint density at radius 2 is 1.96 bits per heavy atom. The lowest BCUT2D eigenvalue weighted by molar-refractivity contribution is 0.0489. The van der Waals surface area contributed by atoms with Gasteiger partial charge in [-0.05, 0) is 44.5 Å². The summed E-state index contributed by atoms with van der Waals surface area (Å²) >= 11 is 0. The number of aromatic nitrogens is 1. The number of alkyl carbamates (subject to hydrolysis) is 1. The Morgan fingerprint density at radius 1 is 1.19 bits per heavy atom. The third kappa shape index (κ3) is 4.14. The molecule has 26 heavy (non-hydrogen) atoms. The third-order valence-electron chi connectivity index (χ3n) is 3.87. The van der Waals surface area contributed by atoms with E-state index in [2.05, 4.69) is 10.3 Å². The highest BCUT2D eigenvalue weighted by Gasteiger charge is 2.27. The van der Waals surface area contributed by atoms with Crippen LogP contribution in [0.4, 0.5) is 4.79 Å². The second kappa shape index (κ2) is 7.07. The van der Waals surface area contributed by atoms with E-state index in [1.54, 1.807) is 32.9 Å². The molecular formula is C20H22N2O4. The molecule has 2 aromatic heterocycles. The molecule has 136 valence electrons. The number of para-hydroxylation sites is 1. The third-order valence-corrected chi connectivity index (χ3v) is 3.87. The normalized spacial score (nSPS) is 12.7. The van der Waals surface area contributed by atoms with Gasteiger partial charge in [-0.2, -0.15) is 0 Å². The molecule has 0 unspecified atom stereocenters. The van der Waals surface area contributed by atoms with Gasteiger partial charge < -0.3 is 19.5 Å². The molecule has 3 rings (SSSR count). The molecule has 0 radical (unpaired) electrons. The quantitative estimate of drug-likeness (QED) is 0.676. The lowest BCUT2D eigenvalue weighted by Gasteiger charge is -2.22. The van der Waals surface area contributed by atoms with Crippen molar-refractivity contribution in [1.82, 2.24) is 10.3 Å². The highest BCUT2D eigenvalue weighted by Crippen LogP contribution is 2.20. The van der Waals surface area contributed by atoms with Gasteiger partial charge in [0.05, 0.1) is 6.26 Å². The Balaban J connectivity index is 1.85. The van der Waals surface area contributed by atoms with Gasteiger partial charge in [0.2, 0.25) is 5.78 Å². The first-order valence-electron chi connectivity index (χ1n) is 8.46. The lowest BCUT2D eigenvalue weighted by Crippen LogP contribution is -2.44. The summed E-state index contributed by atoms with van der Waals surface area (Å²) in [6.45, 7) is 5.32. The number of aromatic amines is 1. The molecule has 0 bridgehead atoms. The van der Waals surface area contributed by atoms with Crippen LogP contribution in [0, 0.1) is 0 Å². The number of benzene rings is 1. The smallest absolute Gasteiger partial charge is 0.408 e. The van der Waals surface area contributed by atoms with Crippen LogP contribution in [0.1, 0.15) is 36.9 Å². The molecule has 0 saturated heterocycles. The van der Waals surface area contributed by atoms with E-state index in [0.717, 1.165) is 16.5 Å². The maximum atomic E-state index is 12.8. The van der Waals surface area contributed by atoms with Crippen LogP contribution in [-0.4, -0.2) is 28.5 Å². The zero-order valence-corrected chi connectivity index (χ0v) is 15.0. The minimum absolute atomic E-state index is 0.200. The van der Waals surface area contributed by atoms with Gasteiger partial charge in [-0.3, -0.25) is 4.79 Å². The fraction of sp³-hybridized carbons (Fsp3) is 0.300. The molecule has 6 heteroatoms. The van der Waals surface area contributed by atoms with E-state index in [1.165, 1.54) is 6.26 Å². The van der Waals surface area contributed by atoms with E-state index in [4.69, 9.17) is 9.15 Å². The zero-order valence-electron chi connectivity index (χ0n) is 15.0. The molecule has 3 aromatic rings. The molecule has 0 aliphatic heterocycles. The largest absolute Gasteiger partial charge is 0.461 e. The van der Waals surface area contributed by atoms with Crippen LogP contribution in [0.2, 0.25) is 0 Å². The zero-order chi connectivity index (χ0) is 18.7. The van der Waals surface area contributed by atoms with Crippen molar-refractivity contribution in [3.05, 3.63) is 60.2 Å². The van der Waals surface area contributed by atoms with E-state index >= 15 is 0 Å². The van der Waals surface area contributed by atoms with Crippen LogP contribution in [0.25, 0.3) is 10.9 Å². The van der Waals surface area contributed by atoms with Crippen molar-refractivity contribution in [3.63, 3.8) is 0 Å². The molecular weight excluding hydrogens is 332 g/mol. The van der Waals surface area contributed by atoms with Crippen LogP contribution in [0.15, 0.2) is 53.3 Å². The fourth-order valence-electron chi connectivity index (χ4n) is 2.77. The van der Waals surface area contributed by atoms with E-state index < -0.39 is 17.7 Å². The van der Waals surface area contributed by atoms with Gasteiger partial charge in [0.25, 0.3) is 0 Å². The molecule has 0 fully saturated rings. The number of H-pyrrole nitrogens is 1. The number of fused-ring (bicyclic) bond motifs is 1. The predicted molar refractivity (Wildman–Crippen MR) is 98.2 cm³/mol. The van der Waals surface area contributed by atoms with Gasteiger partial charge in [-0.25, -0.2) is 4.79 Å². The van der Waals surface area contributed by atoms with Crippen molar-refractivity contribution < 1.29 is 18.7 Å². The summed E-state index contributed by atoms with van der Waals surface area (Å²) in [6.07, 6.45) is 2.97. The number of carbonyl (C=O) groups excluding carboxylic acids is 2. The van der Waals surface area contributed by atoms with E-state index in [9.17, 15) is 9.59 Å².